The number of nitrogens with one attached hydrogen (secondary N) is 1. The van der Waals surface area contributed by atoms with Crippen LogP contribution in [0, 0.1) is 6.92 Å². The molecule has 0 aliphatic carbocycles. The van der Waals surface area contributed by atoms with Crippen molar-refractivity contribution >= 4 is 29.9 Å². The van der Waals surface area contributed by atoms with Crippen LogP contribution in [0.25, 0.3) is 0 Å². The van der Waals surface area contributed by atoms with Crippen LogP contribution in [0.5, 0.6) is 0 Å². The molecule has 2 aromatic rings. The van der Waals surface area contributed by atoms with E-state index in [1.54, 1.807) is 0 Å². The van der Waals surface area contributed by atoms with E-state index in [0.29, 0.717) is 13.2 Å². The van der Waals surface area contributed by atoms with Crippen LogP contribution in [-0.4, -0.2) is 71.4 Å². The molecule has 2 aromatic heterocycles. The van der Waals surface area contributed by atoms with E-state index in [9.17, 15) is 0 Å². The molecule has 0 aromatic carbocycles. The quantitative estimate of drug-likeness (QED) is 0.344. The van der Waals surface area contributed by atoms with Crippen molar-refractivity contribution < 1.29 is 9.15 Å². The van der Waals surface area contributed by atoms with Crippen molar-refractivity contribution in [1.82, 2.24) is 24.9 Å². The van der Waals surface area contributed by atoms with E-state index in [1.807, 2.05) is 37.1 Å². The Hall–Kier alpha value is -1.59. The zero-order valence-corrected chi connectivity index (χ0v) is 21.1. The maximum Gasteiger partial charge on any atom is 0.194 e. The molecule has 4 rings (SSSR count). The van der Waals surface area contributed by atoms with Crippen LogP contribution in [0.3, 0.4) is 0 Å². The summed E-state index contributed by atoms with van der Waals surface area (Å²) < 4.78 is 13.8. The Bertz CT molecular complexity index is 845. The van der Waals surface area contributed by atoms with Crippen molar-refractivity contribution in [2.45, 2.75) is 38.8 Å². The first kappa shape index (κ1) is 24.1. The van der Waals surface area contributed by atoms with Gasteiger partial charge < -0.3 is 19.4 Å². The Balaban J connectivity index is 0.00000272. The normalized spacial score (nSPS) is 21.2. The summed E-state index contributed by atoms with van der Waals surface area (Å²) in [5.74, 6) is 2.92. The van der Waals surface area contributed by atoms with E-state index in [2.05, 4.69) is 33.2 Å². The third-order valence-corrected chi connectivity index (χ3v) is 5.88. The van der Waals surface area contributed by atoms with Crippen LogP contribution in [0.15, 0.2) is 33.9 Å². The molecule has 2 atom stereocenters. The third kappa shape index (κ3) is 6.01. The van der Waals surface area contributed by atoms with Gasteiger partial charge >= 0.3 is 0 Å². The minimum atomic E-state index is 0. The topological polar surface area (TPSA) is 71.1 Å². The summed E-state index contributed by atoms with van der Waals surface area (Å²) in [6.07, 6.45) is 6.42. The largest absolute Gasteiger partial charge is 0.465 e. The zero-order chi connectivity index (χ0) is 20.9. The SMILES string of the molecule is CCNC(=NCC(c1ccc(C)o1)N1CCCC1)N1CCOC(c2cnn(C)c2)C1.I. The van der Waals surface area contributed by atoms with Gasteiger partial charge in [0.15, 0.2) is 5.96 Å². The van der Waals surface area contributed by atoms with Gasteiger partial charge in [0, 0.05) is 31.9 Å². The molecule has 0 amide bonds. The van der Waals surface area contributed by atoms with Crippen molar-refractivity contribution in [3.8, 4) is 0 Å². The van der Waals surface area contributed by atoms with Gasteiger partial charge in [-0.05, 0) is 51.9 Å². The molecule has 0 saturated carbocycles. The number of aryl methyl sites for hydroxylation is 2. The van der Waals surface area contributed by atoms with Gasteiger partial charge in [0.25, 0.3) is 0 Å². The molecule has 172 valence electrons. The fourth-order valence-electron chi connectivity index (χ4n) is 4.32. The summed E-state index contributed by atoms with van der Waals surface area (Å²) in [5, 5.41) is 7.78. The fraction of sp³-hybridized carbons (Fsp3) is 0.636. The second kappa shape index (κ2) is 11.3. The molecule has 8 nitrogen and oxygen atoms in total. The molecule has 2 aliphatic rings. The summed E-state index contributed by atoms with van der Waals surface area (Å²) in [7, 11) is 1.93. The number of likely N-dealkylation sites (tertiary alicyclic amines) is 1. The number of ether oxygens (including phenoxy) is 1. The average Bonchev–Trinajstić information content (AvgIpc) is 3.51. The van der Waals surface area contributed by atoms with Crippen LogP contribution < -0.4 is 5.32 Å². The van der Waals surface area contributed by atoms with Crippen molar-refractivity contribution in [1.29, 1.82) is 0 Å². The molecule has 2 unspecified atom stereocenters. The van der Waals surface area contributed by atoms with Crippen molar-refractivity contribution in [2.24, 2.45) is 12.0 Å². The number of halogens is 1. The maximum atomic E-state index is 6.01. The average molecular weight is 542 g/mol. The highest BCUT2D eigenvalue weighted by Crippen LogP contribution is 2.27. The van der Waals surface area contributed by atoms with Gasteiger partial charge in [-0.3, -0.25) is 14.6 Å². The number of guanidine groups is 1. The molecule has 0 radical (unpaired) electrons. The molecule has 0 spiro atoms. The summed E-state index contributed by atoms with van der Waals surface area (Å²) in [6.45, 7) is 10.1. The molecular weight excluding hydrogens is 507 g/mol. The molecular formula is C22H35IN6O2. The van der Waals surface area contributed by atoms with Gasteiger partial charge in [-0.2, -0.15) is 5.10 Å². The number of aromatic nitrogens is 2. The number of hydrogen-bond donors (Lipinski definition) is 1. The van der Waals surface area contributed by atoms with Crippen LogP contribution in [0.1, 0.15) is 49.0 Å². The molecule has 2 saturated heterocycles. The van der Waals surface area contributed by atoms with Gasteiger partial charge in [-0.15, -0.1) is 24.0 Å². The Morgan fingerprint density at radius 3 is 2.74 bits per heavy atom. The second-order valence-electron chi connectivity index (χ2n) is 8.15. The molecule has 2 aliphatic heterocycles. The summed E-state index contributed by atoms with van der Waals surface area (Å²) in [4.78, 5) is 9.86. The molecule has 9 heteroatoms. The molecule has 4 heterocycles. The lowest BCUT2D eigenvalue weighted by Crippen LogP contribution is -2.48. The van der Waals surface area contributed by atoms with E-state index in [-0.39, 0.29) is 36.1 Å². The Morgan fingerprint density at radius 2 is 2.10 bits per heavy atom. The van der Waals surface area contributed by atoms with Crippen LogP contribution in [-0.2, 0) is 11.8 Å². The van der Waals surface area contributed by atoms with Crippen LogP contribution in [0.2, 0.25) is 0 Å². The Morgan fingerprint density at radius 1 is 1.29 bits per heavy atom. The van der Waals surface area contributed by atoms with Gasteiger partial charge in [0.1, 0.15) is 17.6 Å². The number of morpholine rings is 1. The Kier molecular flexibility index (Phi) is 8.79. The molecule has 1 N–H and O–H groups in total. The van der Waals surface area contributed by atoms with Crippen LogP contribution in [0.4, 0.5) is 0 Å². The zero-order valence-electron chi connectivity index (χ0n) is 18.8. The van der Waals surface area contributed by atoms with E-state index in [1.165, 1.54) is 12.8 Å². The van der Waals surface area contributed by atoms with E-state index < -0.39 is 0 Å². The Labute approximate surface area is 202 Å². The fourth-order valence-corrected chi connectivity index (χ4v) is 4.32. The lowest BCUT2D eigenvalue weighted by atomic mass is 10.1. The lowest BCUT2D eigenvalue weighted by molar-refractivity contribution is -0.00809. The predicted molar refractivity (Wildman–Crippen MR) is 132 cm³/mol. The minimum Gasteiger partial charge on any atom is -0.465 e. The minimum absolute atomic E-state index is 0. The van der Waals surface area contributed by atoms with Crippen molar-refractivity contribution in [2.75, 3.05) is 45.9 Å². The number of rotatable bonds is 6. The number of aliphatic imine (C=N–C) groups is 1. The van der Waals surface area contributed by atoms with Gasteiger partial charge in [0.2, 0.25) is 0 Å². The van der Waals surface area contributed by atoms with Gasteiger partial charge in [-0.1, -0.05) is 0 Å². The smallest absolute Gasteiger partial charge is 0.194 e. The second-order valence-corrected chi connectivity index (χ2v) is 8.15. The maximum absolute atomic E-state index is 6.01. The number of furan rings is 1. The van der Waals surface area contributed by atoms with Crippen molar-refractivity contribution in [3.63, 3.8) is 0 Å². The number of hydrogen-bond acceptors (Lipinski definition) is 5. The van der Waals surface area contributed by atoms with Gasteiger partial charge in [0.05, 0.1) is 31.9 Å². The van der Waals surface area contributed by atoms with E-state index in [4.69, 9.17) is 14.1 Å². The predicted octanol–water partition coefficient (Wildman–Crippen LogP) is 3.12. The van der Waals surface area contributed by atoms with E-state index >= 15 is 0 Å². The summed E-state index contributed by atoms with van der Waals surface area (Å²) in [5.41, 5.74) is 1.11. The first-order valence-corrected chi connectivity index (χ1v) is 11.1. The first-order chi connectivity index (χ1) is 14.6. The third-order valence-electron chi connectivity index (χ3n) is 5.88. The molecule has 31 heavy (non-hydrogen) atoms. The standard InChI is InChI=1S/C22H34N6O2.HI/c1-4-23-22(28-11-12-29-21(16-28)18-13-25-26(3)15-18)24-14-19(27-9-5-6-10-27)20-8-7-17(2)30-20;/h7-8,13,15,19,21H,4-6,9-12,14,16H2,1-3H3,(H,23,24);1H. The highest BCUT2D eigenvalue weighted by molar-refractivity contribution is 14.0. The monoisotopic (exact) mass is 542 g/mol. The molecule has 0 bridgehead atoms. The highest BCUT2D eigenvalue weighted by Gasteiger charge is 2.28. The molecule has 2 fully saturated rings. The lowest BCUT2D eigenvalue weighted by Gasteiger charge is -2.35. The van der Waals surface area contributed by atoms with Gasteiger partial charge in [-0.25, -0.2) is 0 Å². The summed E-state index contributed by atoms with van der Waals surface area (Å²) in [6, 6.07) is 4.34. The summed E-state index contributed by atoms with van der Waals surface area (Å²) >= 11 is 0. The van der Waals surface area contributed by atoms with Crippen LogP contribution >= 0.6 is 24.0 Å². The highest BCUT2D eigenvalue weighted by atomic mass is 127. The van der Waals surface area contributed by atoms with E-state index in [0.717, 1.165) is 55.8 Å². The number of nitrogens with zero attached hydrogens (tertiary/aromatic N) is 5. The first-order valence-electron chi connectivity index (χ1n) is 11.1. The van der Waals surface area contributed by atoms with Crippen molar-refractivity contribution in [3.05, 3.63) is 41.6 Å².